The van der Waals surface area contributed by atoms with Crippen molar-refractivity contribution in [3.8, 4) is 0 Å². The Morgan fingerprint density at radius 2 is 1.47 bits per heavy atom. The van der Waals surface area contributed by atoms with E-state index in [1.807, 2.05) is 0 Å². The van der Waals surface area contributed by atoms with E-state index in [2.05, 4.69) is 6.92 Å². The average molecular weight is 212 g/mol. The molecule has 0 aromatic rings. The van der Waals surface area contributed by atoms with E-state index < -0.39 is 5.97 Å². The first-order chi connectivity index (χ1) is 7.20. The molecule has 0 spiro atoms. The molecule has 2 heteroatoms. The third kappa shape index (κ3) is 5.19. The Balaban J connectivity index is 2.38. The Morgan fingerprint density at radius 1 is 0.933 bits per heavy atom. The van der Waals surface area contributed by atoms with Gasteiger partial charge in [-0.1, -0.05) is 51.9 Å². The highest BCUT2D eigenvalue weighted by atomic mass is 16.4. The number of carboxylic acids is 1. The predicted octanol–water partition coefficient (Wildman–Crippen LogP) is 3.85. The van der Waals surface area contributed by atoms with Gasteiger partial charge in [-0.3, -0.25) is 4.79 Å². The maximum atomic E-state index is 11.0. The molecule has 0 amide bonds. The third-order valence-corrected chi connectivity index (χ3v) is 3.60. The molecule has 0 aromatic heterocycles. The van der Waals surface area contributed by atoms with Gasteiger partial charge in [0, 0.05) is 0 Å². The van der Waals surface area contributed by atoms with Crippen molar-refractivity contribution in [3.63, 3.8) is 0 Å². The Hall–Kier alpha value is -0.530. The summed E-state index contributed by atoms with van der Waals surface area (Å²) in [6.45, 7) is 2.30. The normalized spacial score (nSPS) is 30.5. The molecule has 1 aliphatic carbocycles. The van der Waals surface area contributed by atoms with Crippen LogP contribution in [0.4, 0.5) is 0 Å². The van der Waals surface area contributed by atoms with E-state index in [0.29, 0.717) is 0 Å². The number of carbonyl (C=O) groups is 1. The Labute approximate surface area is 93.1 Å². The minimum absolute atomic E-state index is 0.0738. The molecular formula is C13H24O2. The molecule has 2 atom stereocenters. The van der Waals surface area contributed by atoms with Crippen molar-refractivity contribution in [2.75, 3.05) is 0 Å². The lowest BCUT2D eigenvalue weighted by atomic mass is 9.93. The molecule has 0 aromatic carbocycles. The maximum Gasteiger partial charge on any atom is 0.306 e. The highest BCUT2D eigenvalue weighted by Crippen LogP contribution is 2.23. The monoisotopic (exact) mass is 212 g/mol. The second-order valence-corrected chi connectivity index (χ2v) is 5.06. The van der Waals surface area contributed by atoms with Crippen molar-refractivity contribution in [1.29, 1.82) is 0 Å². The third-order valence-electron chi connectivity index (χ3n) is 3.60. The van der Waals surface area contributed by atoms with E-state index in [9.17, 15) is 4.79 Å². The second-order valence-electron chi connectivity index (χ2n) is 5.06. The highest BCUT2D eigenvalue weighted by Gasteiger charge is 2.17. The zero-order chi connectivity index (χ0) is 11.1. The molecule has 15 heavy (non-hydrogen) atoms. The van der Waals surface area contributed by atoms with Crippen LogP contribution >= 0.6 is 0 Å². The fourth-order valence-corrected chi connectivity index (χ4v) is 2.49. The van der Waals surface area contributed by atoms with Gasteiger partial charge in [-0.2, -0.15) is 0 Å². The van der Waals surface area contributed by atoms with E-state index in [1.54, 1.807) is 0 Å². The molecule has 2 nitrogen and oxygen atoms in total. The van der Waals surface area contributed by atoms with Gasteiger partial charge in [0.2, 0.25) is 0 Å². The van der Waals surface area contributed by atoms with Crippen molar-refractivity contribution in [1.82, 2.24) is 0 Å². The molecule has 88 valence electrons. The quantitative estimate of drug-likeness (QED) is 0.717. The SMILES string of the molecule is CC1CCCCCCC(C(=O)O)CCC1. The second kappa shape index (κ2) is 6.86. The smallest absolute Gasteiger partial charge is 0.306 e. The highest BCUT2D eigenvalue weighted by molar-refractivity contribution is 5.69. The van der Waals surface area contributed by atoms with Gasteiger partial charge in [0.1, 0.15) is 0 Å². The number of hydrogen-bond acceptors (Lipinski definition) is 1. The van der Waals surface area contributed by atoms with Crippen LogP contribution < -0.4 is 0 Å². The summed E-state index contributed by atoms with van der Waals surface area (Å²) >= 11 is 0. The molecule has 1 aliphatic rings. The van der Waals surface area contributed by atoms with E-state index >= 15 is 0 Å². The molecule has 0 saturated heterocycles. The van der Waals surface area contributed by atoms with E-state index in [0.717, 1.165) is 31.6 Å². The first-order valence-electron chi connectivity index (χ1n) is 6.43. The summed E-state index contributed by atoms with van der Waals surface area (Å²) in [5.74, 6) is 0.134. The van der Waals surface area contributed by atoms with Crippen LogP contribution in [-0.2, 0) is 4.79 Å². The van der Waals surface area contributed by atoms with Gasteiger partial charge < -0.3 is 5.11 Å². The molecule has 0 aliphatic heterocycles. The van der Waals surface area contributed by atoms with Crippen molar-refractivity contribution in [2.45, 2.75) is 64.7 Å². The topological polar surface area (TPSA) is 37.3 Å². The molecular weight excluding hydrogens is 188 g/mol. The van der Waals surface area contributed by atoms with Crippen LogP contribution in [0, 0.1) is 11.8 Å². The van der Waals surface area contributed by atoms with Crippen LogP contribution in [0.2, 0.25) is 0 Å². The van der Waals surface area contributed by atoms with Gasteiger partial charge in [-0.05, 0) is 18.8 Å². The fourth-order valence-electron chi connectivity index (χ4n) is 2.49. The zero-order valence-electron chi connectivity index (χ0n) is 9.87. The van der Waals surface area contributed by atoms with Crippen molar-refractivity contribution >= 4 is 5.97 Å². The van der Waals surface area contributed by atoms with Crippen LogP contribution in [0.5, 0.6) is 0 Å². The maximum absolute atomic E-state index is 11.0. The van der Waals surface area contributed by atoms with Gasteiger partial charge in [0.25, 0.3) is 0 Å². The van der Waals surface area contributed by atoms with Gasteiger partial charge in [-0.15, -0.1) is 0 Å². The summed E-state index contributed by atoms with van der Waals surface area (Å²) in [5.41, 5.74) is 0. The molecule has 1 saturated carbocycles. The largest absolute Gasteiger partial charge is 0.481 e. The molecule has 1 N–H and O–H groups in total. The first-order valence-corrected chi connectivity index (χ1v) is 6.43. The molecule has 0 heterocycles. The van der Waals surface area contributed by atoms with Gasteiger partial charge in [-0.25, -0.2) is 0 Å². The van der Waals surface area contributed by atoms with Gasteiger partial charge >= 0.3 is 5.97 Å². The average Bonchev–Trinajstić information content (AvgIpc) is 2.23. The molecule has 0 radical (unpaired) electrons. The van der Waals surface area contributed by atoms with Gasteiger partial charge in [0.05, 0.1) is 5.92 Å². The lowest BCUT2D eigenvalue weighted by molar-refractivity contribution is -0.142. The predicted molar refractivity (Wildman–Crippen MR) is 61.8 cm³/mol. The summed E-state index contributed by atoms with van der Waals surface area (Å²) in [6, 6.07) is 0. The summed E-state index contributed by atoms with van der Waals surface area (Å²) in [6.07, 6.45) is 10.4. The lowest BCUT2D eigenvalue weighted by Gasteiger charge is -2.12. The molecule has 1 fully saturated rings. The number of hydrogen-bond donors (Lipinski definition) is 1. The standard InChI is InChI=1S/C13H24O2/c1-11-7-4-2-3-5-9-12(13(14)15)10-6-8-11/h11-12H,2-10H2,1H3,(H,14,15). The van der Waals surface area contributed by atoms with E-state index in [-0.39, 0.29) is 5.92 Å². The van der Waals surface area contributed by atoms with Crippen molar-refractivity contribution in [3.05, 3.63) is 0 Å². The van der Waals surface area contributed by atoms with Gasteiger partial charge in [0.15, 0.2) is 0 Å². The van der Waals surface area contributed by atoms with Crippen molar-refractivity contribution in [2.24, 2.45) is 11.8 Å². The van der Waals surface area contributed by atoms with Crippen LogP contribution in [0.3, 0.4) is 0 Å². The fraction of sp³-hybridized carbons (Fsp3) is 0.923. The lowest BCUT2D eigenvalue weighted by Crippen LogP contribution is -2.13. The van der Waals surface area contributed by atoms with Crippen LogP contribution in [0.15, 0.2) is 0 Å². The van der Waals surface area contributed by atoms with Crippen molar-refractivity contribution < 1.29 is 9.90 Å². The van der Waals surface area contributed by atoms with E-state index in [4.69, 9.17) is 5.11 Å². The van der Waals surface area contributed by atoms with Crippen LogP contribution in [0.1, 0.15) is 64.7 Å². The number of rotatable bonds is 1. The summed E-state index contributed by atoms with van der Waals surface area (Å²) in [4.78, 5) is 11.0. The minimum Gasteiger partial charge on any atom is -0.481 e. The van der Waals surface area contributed by atoms with Crippen LogP contribution in [0.25, 0.3) is 0 Å². The minimum atomic E-state index is -0.582. The Morgan fingerprint density at radius 3 is 2.13 bits per heavy atom. The summed E-state index contributed by atoms with van der Waals surface area (Å²) < 4.78 is 0. The number of carboxylic acid groups (broad SMARTS) is 1. The Bertz CT molecular complexity index is 189. The molecule has 2 unspecified atom stereocenters. The van der Waals surface area contributed by atoms with E-state index in [1.165, 1.54) is 32.1 Å². The molecule has 0 bridgehead atoms. The summed E-state index contributed by atoms with van der Waals surface area (Å²) in [5, 5.41) is 9.05. The summed E-state index contributed by atoms with van der Waals surface area (Å²) in [7, 11) is 0. The Kier molecular flexibility index (Phi) is 5.74. The van der Waals surface area contributed by atoms with Crippen LogP contribution in [-0.4, -0.2) is 11.1 Å². The zero-order valence-corrected chi connectivity index (χ0v) is 9.87. The number of aliphatic carboxylic acids is 1. The first kappa shape index (κ1) is 12.5. The molecule has 1 rings (SSSR count).